The van der Waals surface area contributed by atoms with Crippen molar-refractivity contribution in [2.45, 2.75) is 19.6 Å². The lowest BCUT2D eigenvalue weighted by Crippen LogP contribution is -2.12. The number of nitrogens with zero attached hydrogens (tertiary/aromatic N) is 5. The van der Waals surface area contributed by atoms with Crippen LogP contribution in [0.4, 0.5) is 24.5 Å². The highest BCUT2D eigenvalue weighted by molar-refractivity contribution is 7.12. The number of halogens is 3. The summed E-state index contributed by atoms with van der Waals surface area (Å²) in [6.07, 6.45) is -4.70. The number of anilines is 1. The number of amides is 1. The summed E-state index contributed by atoms with van der Waals surface area (Å²) in [6, 6.07) is 9.30. The number of nitro groups is 1. The lowest BCUT2D eigenvalue weighted by atomic mass is 10.0. The van der Waals surface area contributed by atoms with Crippen molar-refractivity contribution in [2.75, 3.05) is 5.32 Å². The first kappa shape index (κ1) is 21.4. The van der Waals surface area contributed by atoms with Gasteiger partial charge in [0, 0.05) is 23.9 Å². The second-order valence-corrected chi connectivity index (χ2v) is 7.41. The lowest BCUT2D eigenvalue weighted by molar-refractivity contribution is -0.384. The Bertz CT molecular complexity index is 1350. The fourth-order valence-corrected chi connectivity index (χ4v) is 3.65. The van der Waals surface area contributed by atoms with Crippen LogP contribution in [0.3, 0.4) is 0 Å². The molecule has 13 heteroatoms. The van der Waals surface area contributed by atoms with E-state index in [2.05, 4.69) is 20.0 Å². The first-order chi connectivity index (χ1) is 15.2. The van der Waals surface area contributed by atoms with Gasteiger partial charge in [-0.2, -0.15) is 18.3 Å². The molecule has 4 rings (SSSR count). The van der Waals surface area contributed by atoms with Gasteiger partial charge in [-0.25, -0.2) is 0 Å². The number of nitro benzene ring substituents is 1. The number of rotatable bonds is 5. The van der Waals surface area contributed by atoms with Gasteiger partial charge < -0.3 is 5.32 Å². The van der Waals surface area contributed by atoms with Crippen LogP contribution < -0.4 is 5.32 Å². The Kier molecular flexibility index (Phi) is 5.34. The number of aryl methyl sites for hydroxylation is 1. The molecule has 0 unspecified atom stereocenters. The number of hydrogen-bond donors (Lipinski definition) is 1. The van der Waals surface area contributed by atoms with Crippen molar-refractivity contribution in [1.82, 2.24) is 19.4 Å². The molecule has 2 aromatic heterocycles. The van der Waals surface area contributed by atoms with Gasteiger partial charge in [-0.15, -0.1) is 5.10 Å². The van der Waals surface area contributed by atoms with Gasteiger partial charge in [-0.05, 0) is 54.9 Å². The van der Waals surface area contributed by atoms with E-state index in [1.54, 1.807) is 25.1 Å². The normalized spacial score (nSPS) is 11.6. The molecular weight excluding hydrogens is 449 g/mol. The molecule has 0 aliphatic rings. The number of benzene rings is 2. The van der Waals surface area contributed by atoms with E-state index in [4.69, 9.17) is 0 Å². The summed E-state index contributed by atoms with van der Waals surface area (Å²) in [7, 11) is 0. The minimum atomic E-state index is -4.70. The van der Waals surface area contributed by atoms with Gasteiger partial charge in [0.15, 0.2) is 5.69 Å². The molecule has 0 fully saturated rings. The van der Waals surface area contributed by atoms with Crippen LogP contribution in [0, 0.1) is 10.1 Å². The number of hydrogen-bond acceptors (Lipinski definition) is 7. The summed E-state index contributed by atoms with van der Waals surface area (Å²) in [4.78, 5) is 23.5. The highest BCUT2D eigenvalue weighted by atomic mass is 32.1. The van der Waals surface area contributed by atoms with E-state index in [1.165, 1.54) is 23.7 Å². The molecule has 0 atom stereocenters. The average molecular weight is 462 g/mol. The third-order valence-electron chi connectivity index (χ3n) is 4.61. The van der Waals surface area contributed by atoms with Crippen LogP contribution in [0.5, 0.6) is 0 Å². The average Bonchev–Trinajstić information content (AvgIpc) is 3.39. The molecule has 0 spiro atoms. The molecule has 1 N–H and O–H groups in total. The summed E-state index contributed by atoms with van der Waals surface area (Å²) in [5.74, 6) is -0.623. The van der Waals surface area contributed by atoms with Crippen molar-refractivity contribution in [3.63, 3.8) is 0 Å². The van der Waals surface area contributed by atoms with E-state index in [0.29, 0.717) is 11.2 Å². The van der Waals surface area contributed by atoms with Crippen LogP contribution >= 0.6 is 11.5 Å². The Balaban J connectivity index is 1.70. The molecular formula is C19H13F3N6O3S. The number of carbonyl (C=O) groups is 1. The molecule has 0 saturated heterocycles. The van der Waals surface area contributed by atoms with E-state index in [-0.39, 0.29) is 23.4 Å². The number of aromatic nitrogens is 4. The van der Waals surface area contributed by atoms with Crippen molar-refractivity contribution < 1.29 is 22.9 Å². The van der Waals surface area contributed by atoms with Crippen LogP contribution in [0.1, 0.15) is 23.0 Å². The minimum absolute atomic E-state index is 0.0319. The maximum atomic E-state index is 13.1. The smallest absolute Gasteiger partial charge is 0.322 e. The Morgan fingerprint density at radius 2 is 2.00 bits per heavy atom. The minimum Gasteiger partial charge on any atom is -0.322 e. The lowest BCUT2D eigenvalue weighted by Gasteiger charge is -2.09. The third-order valence-corrected chi connectivity index (χ3v) is 5.31. The van der Waals surface area contributed by atoms with Crippen molar-refractivity contribution >= 4 is 39.0 Å². The zero-order chi connectivity index (χ0) is 23.0. The zero-order valence-corrected chi connectivity index (χ0v) is 17.1. The van der Waals surface area contributed by atoms with E-state index < -0.39 is 28.4 Å². The predicted octanol–water partition coefficient (Wildman–Crippen LogP) is 4.75. The van der Waals surface area contributed by atoms with Crippen LogP contribution in [-0.2, 0) is 12.7 Å². The molecule has 0 aliphatic carbocycles. The SMILES string of the molecule is CCn1nc(C(F)(F)F)cc1-c1ccc(C(=O)Nc2ccc3snnc3c2)cc1[N+](=O)[O-]. The van der Waals surface area contributed by atoms with Gasteiger partial charge in [0.05, 0.1) is 20.9 Å². The standard InChI is InChI=1S/C19H13F3N6O3S/c1-2-27-14(9-17(25-27)19(20,21)22)12-5-3-10(7-15(12)28(30)31)18(29)23-11-4-6-16-13(8-11)24-26-32-16/h3-9H,2H2,1H3,(H,23,29). The van der Waals surface area contributed by atoms with Crippen molar-refractivity contribution in [3.05, 3.63) is 63.8 Å². The number of alkyl halides is 3. The summed E-state index contributed by atoms with van der Waals surface area (Å²) >= 11 is 1.20. The fourth-order valence-electron chi connectivity index (χ4n) is 3.12. The van der Waals surface area contributed by atoms with Gasteiger partial charge in [0.1, 0.15) is 5.52 Å². The molecule has 9 nitrogen and oxygen atoms in total. The predicted molar refractivity (Wildman–Crippen MR) is 110 cm³/mol. The van der Waals surface area contributed by atoms with Gasteiger partial charge >= 0.3 is 6.18 Å². The summed E-state index contributed by atoms with van der Waals surface area (Å²) < 4.78 is 44.9. The van der Waals surface area contributed by atoms with Crippen LogP contribution in [0.15, 0.2) is 42.5 Å². The zero-order valence-electron chi connectivity index (χ0n) is 16.3. The third kappa shape index (κ3) is 4.01. The van der Waals surface area contributed by atoms with E-state index >= 15 is 0 Å². The largest absolute Gasteiger partial charge is 0.435 e. The highest BCUT2D eigenvalue weighted by Gasteiger charge is 2.35. The second kappa shape index (κ2) is 8.00. The topological polar surface area (TPSA) is 116 Å². The Hall–Kier alpha value is -3.87. The first-order valence-electron chi connectivity index (χ1n) is 9.14. The molecule has 2 aromatic carbocycles. The number of carbonyl (C=O) groups excluding carboxylic acids is 1. The van der Waals surface area contributed by atoms with Crippen molar-refractivity contribution in [2.24, 2.45) is 0 Å². The van der Waals surface area contributed by atoms with Crippen molar-refractivity contribution in [3.8, 4) is 11.3 Å². The van der Waals surface area contributed by atoms with Gasteiger partial charge in [0.2, 0.25) is 0 Å². The van der Waals surface area contributed by atoms with Crippen LogP contribution in [0.25, 0.3) is 21.5 Å². The maximum Gasteiger partial charge on any atom is 0.435 e. The molecule has 0 saturated carbocycles. The van der Waals surface area contributed by atoms with Gasteiger partial charge in [0.25, 0.3) is 11.6 Å². The van der Waals surface area contributed by atoms with E-state index in [0.717, 1.165) is 21.5 Å². The second-order valence-electron chi connectivity index (χ2n) is 6.63. The Labute approximate surface area is 181 Å². The van der Waals surface area contributed by atoms with E-state index in [1.807, 2.05) is 0 Å². The molecule has 0 radical (unpaired) electrons. The summed E-state index contributed by atoms with van der Waals surface area (Å²) in [6.45, 7) is 1.64. The molecule has 164 valence electrons. The summed E-state index contributed by atoms with van der Waals surface area (Å²) in [5.41, 5.74) is -0.845. The van der Waals surface area contributed by atoms with Crippen molar-refractivity contribution in [1.29, 1.82) is 0 Å². The first-order valence-corrected chi connectivity index (χ1v) is 9.92. The Morgan fingerprint density at radius 1 is 1.22 bits per heavy atom. The Morgan fingerprint density at radius 3 is 2.69 bits per heavy atom. The maximum absolute atomic E-state index is 13.1. The van der Waals surface area contributed by atoms with Gasteiger partial charge in [-0.1, -0.05) is 4.49 Å². The molecule has 1 amide bonds. The highest BCUT2D eigenvalue weighted by Crippen LogP contribution is 2.36. The quantitative estimate of drug-likeness (QED) is 0.338. The molecule has 0 bridgehead atoms. The fraction of sp³-hybridized carbons (Fsp3) is 0.158. The molecule has 2 heterocycles. The summed E-state index contributed by atoms with van der Waals surface area (Å²) in [5, 5.41) is 21.7. The van der Waals surface area contributed by atoms with Crippen LogP contribution in [-0.4, -0.2) is 30.2 Å². The molecule has 32 heavy (non-hydrogen) atoms. The number of nitrogens with one attached hydrogen (secondary N) is 1. The van der Waals surface area contributed by atoms with Crippen LogP contribution in [0.2, 0.25) is 0 Å². The molecule has 0 aliphatic heterocycles. The monoisotopic (exact) mass is 462 g/mol. The number of fused-ring (bicyclic) bond motifs is 1. The van der Waals surface area contributed by atoms with Gasteiger partial charge in [-0.3, -0.25) is 19.6 Å². The molecule has 4 aromatic rings. The van der Waals surface area contributed by atoms with E-state index in [9.17, 15) is 28.1 Å².